The van der Waals surface area contributed by atoms with E-state index in [1.165, 1.54) is 0 Å². The first-order chi connectivity index (χ1) is 17.3. The molecule has 1 aliphatic heterocycles. The molecule has 10 nitrogen and oxygen atoms in total. The Morgan fingerprint density at radius 1 is 1.00 bits per heavy atom. The molecule has 0 bridgehead atoms. The van der Waals surface area contributed by atoms with Crippen molar-refractivity contribution in [3.05, 3.63) is 66.4 Å². The molecular formula is C25H24N4O6S. The second kappa shape index (κ2) is 9.50. The lowest BCUT2D eigenvalue weighted by Crippen LogP contribution is -2.19. The largest absolute Gasteiger partial charge is 0.497 e. The third-order valence-corrected chi connectivity index (χ3v) is 7.79. The normalized spacial score (nSPS) is 16.6. The van der Waals surface area contributed by atoms with Crippen molar-refractivity contribution < 1.29 is 27.2 Å². The van der Waals surface area contributed by atoms with Gasteiger partial charge in [0.1, 0.15) is 17.3 Å². The molecule has 2 aromatic heterocycles. The van der Waals surface area contributed by atoms with Crippen molar-refractivity contribution in [2.24, 2.45) is 0 Å². The van der Waals surface area contributed by atoms with Crippen LogP contribution in [0.25, 0.3) is 22.6 Å². The molecule has 2 aromatic carbocycles. The molecule has 0 unspecified atom stereocenters. The number of hydrogen-bond acceptors (Lipinski definition) is 8. The Hall–Kier alpha value is -4.12. The maximum Gasteiger partial charge on any atom is 0.279 e. The van der Waals surface area contributed by atoms with Crippen LogP contribution in [0.4, 0.5) is 5.82 Å². The van der Waals surface area contributed by atoms with Gasteiger partial charge >= 0.3 is 0 Å². The van der Waals surface area contributed by atoms with Crippen LogP contribution in [-0.2, 0) is 9.84 Å². The molecule has 1 amide bonds. The first-order valence-corrected chi connectivity index (χ1v) is 13.0. The summed E-state index contributed by atoms with van der Waals surface area (Å²) in [5, 5.41) is 11.4. The highest BCUT2D eigenvalue weighted by molar-refractivity contribution is 7.91. The first kappa shape index (κ1) is 23.6. The quantitative estimate of drug-likeness (QED) is 0.399. The monoisotopic (exact) mass is 508 g/mol. The Morgan fingerprint density at radius 2 is 1.64 bits per heavy atom. The Morgan fingerprint density at radius 3 is 2.22 bits per heavy atom. The summed E-state index contributed by atoms with van der Waals surface area (Å²) in [6.07, 6.45) is 0.417. The van der Waals surface area contributed by atoms with Crippen LogP contribution in [0.15, 0.2) is 65.2 Å². The molecule has 1 fully saturated rings. The van der Waals surface area contributed by atoms with Gasteiger partial charge in [0.25, 0.3) is 5.91 Å². The lowest BCUT2D eigenvalue weighted by molar-refractivity contribution is 0.101. The van der Waals surface area contributed by atoms with Crippen molar-refractivity contribution in [3.8, 4) is 34.1 Å². The Bertz CT molecular complexity index is 1490. The van der Waals surface area contributed by atoms with Crippen LogP contribution in [0.3, 0.4) is 0 Å². The van der Waals surface area contributed by atoms with E-state index in [0.29, 0.717) is 35.2 Å². The van der Waals surface area contributed by atoms with Crippen molar-refractivity contribution in [2.45, 2.75) is 12.5 Å². The molecule has 0 radical (unpaired) electrons. The number of hydrogen-bond donors (Lipinski definition) is 1. The van der Waals surface area contributed by atoms with E-state index in [4.69, 9.17) is 14.0 Å². The summed E-state index contributed by atoms with van der Waals surface area (Å²) in [5.74, 6) is 1.75. The summed E-state index contributed by atoms with van der Waals surface area (Å²) in [5.41, 5.74) is 2.22. The number of methoxy groups -OCH3 is 2. The fraction of sp³-hybridized carbons (Fsp3) is 0.240. The van der Waals surface area contributed by atoms with Gasteiger partial charge in [-0.05, 0) is 55.0 Å². The Kier molecular flexibility index (Phi) is 6.23. The highest BCUT2D eigenvalue weighted by Gasteiger charge is 2.32. The fourth-order valence-corrected chi connectivity index (χ4v) is 5.78. The molecule has 4 aromatic rings. The van der Waals surface area contributed by atoms with Crippen LogP contribution in [0.2, 0.25) is 0 Å². The van der Waals surface area contributed by atoms with Crippen LogP contribution in [0.5, 0.6) is 11.5 Å². The third-order valence-electron chi connectivity index (χ3n) is 6.03. The van der Waals surface area contributed by atoms with E-state index in [1.807, 2.05) is 24.3 Å². The van der Waals surface area contributed by atoms with Gasteiger partial charge in [-0.15, -0.1) is 0 Å². The maximum absolute atomic E-state index is 13.1. The molecule has 186 valence electrons. The molecule has 1 saturated heterocycles. The van der Waals surface area contributed by atoms with Crippen molar-refractivity contribution in [1.29, 1.82) is 0 Å². The van der Waals surface area contributed by atoms with Gasteiger partial charge in [0, 0.05) is 23.3 Å². The predicted molar refractivity (Wildman–Crippen MR) is 133 cm³/mol. The Labute approximate surface area is 207 Å². The Balaban J connectivity index is 1.42. The molecular weight excluding hydrogens is 484 g/mol. The van der Waals surface area contributed by atoms with E-state index in [9.17, 15) is 13.2 Å². The van der Waals surface area contributed by atoms with Gasteiger partial charge in [-0.2, -0.15) is 5.10 Å². The van der Waals surface area contributed by atoms with E-state index < -0.39 is 15.7 Å². The molecule has 0 aliphatic carbocycles. The highest BCUT2D eigenvalue weighted by Crippen LogP contribution is 2.31. The van der Waals surface area contributed by atoms with Crippen molar-refractivity contribution in [3.63, 3.8) is 0 Å². The summed E-state index contributed by atoms with van der Waals surface area (Å²) in [6.45, 7) is 0. The van der Waals surface area contributed by atoms with E-state index in [1.54, 1.807) is 55.3 Å². The number of carbonyl (C=O) groups excluding carboxylic acids is 1. The maximum atomic E-state index is 13.1. The molecule has 3 heterocycles. The van der Waals surface area contributed by atoms with Crippen LogP contribution in [0, 0.1) is 0 Å². The SMILES string of the molecule is COc1ccc(-c2cc(NC(=O)c3cc(-c4ccc(OC)cc4)on3)n([C@H]3CCS(=O)(=O)C3)n2)cc1. The van der Waals surface area contributed by atoms with E-state index in [0.717, 1.165) is 11.1 Å². The molecule has 0 saturated carbocycles. The summed E-state index contributed by atoms with van der Waals surface area (Å²) >= 11 is 0. The zero-order chi connectivity index (χ0) is 25.3. The van der Waals surface area contributed by atoms with Crippen molar-refractivity contribution in [1.82, 2.24) is 14.9 Å². The summed E-state index contributed by atoms with van der Waals surface area (Å²) < 4.78 is 41.6. The second-order valence-electron chi connectivity index (χ2n) is 8.40. The zero-order valence-corrected chi connectivity index (χ0v) is 20.5. The molecule has 5 rings (SSSR count). The van der Waals surface area contributed by atoms with E-state index >= 15 is 0 Å². The number of carbonyl (C=O) groups is 1. The lowest BCUT2D eigenvalue weighted by atomic mass is 10.1. The van der Waals surface area contributed by atoms with Gasteiger partial charge in [0.2, 0.25) is 0 Å². The number of nitrogens with zero attached hydrogens (tertiary/aromatic N) is 3. The number of amides is 1. The number of rotatable bonds is 7. The predicted octanol–water partition coefficient (Wildman–Crippen LogP) is 3.83. The van der Waals surface area contributed by atoms with E-state index in [-0.39, 0.29) is 23.2 Å². The first-order valence-electron chi connectivity index (χ1n) is 11.2. The smallest absolute Gasteiger partial charge is 0.279 e. The molecule has 1 N–H and O–H groups in total. The summed E-state index contributed by atoms with van der Waals surface area (Å²) in [6, 6.07) is 17.4. The van der Waals surface area contributed by atoms with Crippen LogP contribution < -0.4 is 14.8 Å². The number of anilines is 1. The standard InChI is InChI=1S/C25H24N4O6S/c1-33-19-7-3-16(4-8-19)21-14-24(29(27-21)18-11-12-36(31,32)15-18)26-25(30)22-13-23(35-28-22)17-5-9-20(34-2)10-6-17/h3-10,13-14,18H,11-12,15H2,1-2H3,(H,26,30)/t18-/m0/s1. The lowest BCUT2D eigenvalue weighted by Gasteiger charge is -2.13. The number of nitrogens with one attached hydrogen (secondary N) is 1. The summed E-state index contributed by atoms with van der Waals surface area (Å²) in [7, 11) is 0.00207. The van der Waals surface area contributed by atoms with Gasteiger partial charge in [-0.25, -0.2) is 13.1 Å². The third kappa shape index (κ3) is 4.82. The molecule has 1 atom stereocenters. The fourth-order valence-electron chi connectivity index (χ4n) is 4.09. The van der Waals surface area contributed by atoms with Gasteiger partial charge in [0.15, 0.2) is 21.3 Å². The number of sulfone groups is 1. The minimum atomic E-state index is -3.16. The molecule has 0 spiro atoms. The minimum Gasteiger partial charge on any atom is -0.497 e. The van der Waals surface area contributed by atoms with Crippen LogP contribution in [0.1, 0.15) is 23.0 Å². The van der Waals surface area contributed by atoms with Gasteiger partial charge in [-0.1, -0.05) is 5.16 Å². The van der Waals surface area contributed by atoms with Gasteiger partial charge < -0.3 is 19.3 Å². The van der Waals surface area contributed by atoms with Crippen LogP contribution in [-0.4, -0.2) is 55.0 Å². The zero-order valence-electron chi connectivity index (χ0n) is 19.7. The average Bonchev–Trinajstić information content (AvgIpc) is 3.62. The number of ether oxygens (including phenoxy) is 2. The highest BCUT2D eigenvalue weighted by atomic mass is 32.2. The topological polar surface area (TPSA) is 126 Å². The van der Waals surface area contributed by atoms with Crippen molar-refractivity contribution in [2.75, 3.05) is 31.0 Å². The summed E-state index contributed by atoms with van der Waals surface area (Å²) in [4.78, 5) is 13.1. The van der Waals surface area contributed by atoms with Crippen molar-refractivity contribution >= 4 is 21.6 Å². The number of benzene rings is 2. The van der Waals surface area contributed by atoms with Crippen LogP contribution >= 0.6 is 0 Å². The molecule has 36 heavy (non-hydrogen) atoms. The van der Waals surface area contributed by atoms with Gasteiger partial charge in [-0.3, -0.25) is 4.79 Å². The average molecular weight is 509 g/mol. The minimum absolute atomic E-state index is 0.0365. The second-order valence-corrected chi connectivity index (χ2v) is 10.6. The van der Waals surface area contributed by atoms with Gasteiger partial charge in [0.05, 0.1) is 37.5 Å². The van der Waals surface area contributed by atoms with E-state index in [2.05, 4.69) is 15.6 Å². The number of aromatic nitrogens is 3. The molecule has 1 aliphatic rings. The molecule has 11 heteroatoms.